The SMILES string of the molecule is O=C(c1ccc(-n2cc(-c3cc4ccc(F)cc4[nH]c3=O)nn2)cc1)N1CCNCC1. The molecule has 0 radical (unpaired) electrons. The number of aromatic amines is 1. The molecule has 0 spiro atoms. The van der Waals surface area contributed by atoms with Crippen LogP contribution in [0.3, 0.4) is 0 Å². The van der Waals surface area contributed by atoms with Crippen molar-refractivity contribution < 1.29 is 9.18 Å². The first-order valence-electron chi connectivity index (χ1n) is 9.94. The molecular formula is C22H19FN6O2. The van der Waals surface area contributed by atoms with Crippen molar-refractivity contribution in [3.63, 3.8) is 0 Å². The van der Waals surface area contributed by atoms with Crippen LogP contribution in [0.15, 0.2) is 59.5 Å². The highest BCUT2D eigenvalue weighted by molar-refractivity contribution is 5.94. The van der Waals surface area contributed by atoms with Crippen LogP contribution in [-0.4, -0.2) is 57.0 Å². The lowest BCUT2D eigenvalue weighted by molar-refractivity contribution is 0.0736. The van der Waals surface area contributed by atoms with Gasteiger partial charge in [-0.15, -0.1) is 5.10 Å². The van der Waals surface area contributed by atoms with Crippen molar-refractivity contribution in [1.82, 2.24) is 30.2 Å². The van der Waals surface area contributed by atoms with Gasteiger partial charge in [-0.3, -0.25) is 9.59 Å². The van der Waals surface area contributed by atoms with E-state index in [1.807, 2.05) is 4.90 Å². The molecule has 2 N–H and O–H groups in total. The highest BCUT2D eigenvalue weighted by atomic mass is 19.1. The van der Waals surface area contributed by atoms with Crippen LogP contribution in [0.4, 0.5) is 4.39 Å². The normalized spacial score (nSPS) is 14.2. The van der Waals surface area contributed by atoms with Crippen LogP contribution in [0.5, 0.6) is 0 Å². The van der Waals surface area contributed by atoms with E-state index in [2.05, 4.69) is 20.6 Å². The molecule has 1 aliphatic heterocycles. The van der Waals surface area contributed by atoms with Crippen molar-refractivity contribution in [3.05, 3.63) is 76.5 Å². The molecular weight excluding hydrogens is 399 g/mol. The standard InChI is InChI=1S/C22H19FN6O2/c23-16-4-1-15-11-18(21(30)25-19(15)12-16)20-13-29(27-26-20)17-5-2-14(3-6-17)22(31)28-9-7-24-8-10-28/h1-6,11-13,24H,7-10H2,(H,25,30). The molecule has 3 heterocycles. The average Bonchev–Trinajstić information content (AvgIpc) is 3.29. The second kappa shape index (κ2) is 7.77. The zero-order valence-corrected chi connectivity index (χ0v) is 16.5. The van der Waals surface area contributed by atoms with Crippen LogP contribution >= 0.6 is 0 Å². The number of amides is 1. The molecule has 5 rings (SSSR count). The van der Waals surface area contributed by atoms with Gasteiger partial charge in [-0.05, 0) is 53.9 Å². The number of piperazine rings is 1. The van der Waals surface area contributed by atoms with E-state index >= 15 is 0 Å². The van der Waals surface area contributed by atoms with Gasteiger partial charge < -0.3 is 15.2 Å². The van der Waals surface area contributed by atoms with E-state index in [4.69, 9.17) is 0 Å². The molecule has 2 aromatic carbocycles. The van der Waals surface area contributed by atoms with Gasteiger partial charge in [0.25, 0.3) is 11.5 Å². The Morgan fingerprint density at radius 2 is 1.81 bits per heavy atom. The van der Waals surface area contributed by atoms with Gasteiger partial charge in [0.15, 0.2) is 0 Å². The molecule has 1 saturated heterocycles. The Kier molecular flexibility index (Phi) is 4.79. The summed E-state index contributed by atoms with van der Waals surface area (Å²) < 4.78 is 14.9. The fraction of sp³-hybridized carbons (Fsp3) is 0.182. The predicted octanol–water partition coefficient (Wildman–Crippen LogP) is 1.96. The maximum Gasteiger partial charge on any atom is 0.258 e. The van der Waals surface area contributed by atoms with Gasteiger partial charge in [-0.1, -0.05) is 5.21 Å². The van der Waals surface area contributed by atoms with E-state index in [0.717, 1.165) is 18.8 Å². The van der Waals surface area contributed by atoms with Crippen molar-refractivity contribution in [1.29, 1.82) is 0 Å². The maximum atomic E-state index is 13.4. The molecule has 31 heavy (non-hydrogen) atoms. The van der Waals surface area contributed by atoms with Crippen LogP contribution in [0.2, 0.25) is 0 Å². The number of hydrogen-bond acceptors (Lipinski definition) is 5. The Balaban J connectivity index is 1.41. The second-order valence-electron chi connectivity index (χ2n) is 7.38. The van der Waals surface area contributed by atoms with Gasteiger partial charge in [-0.2, -0.15) is 0 Å². The maximum absolute atomic E-state index is 13.4. The first-order valence-corrected chi connectivity index (χ1v) is 9.94. The van der Waals surface area contributed by atoms with E-state index < -0.39 is 5.82 Å². The minimum absolute atomic E-state index is 0.00598. The number of carbonyl (C=O) groups is 1. The third-order valence-electron chi connectivity index (χ3n) is 5.36. The molecule has 0 aliphatic carbocycles. The second-order valence-corrected chi connectivity index (χ2v) is 7.38. The molecule has 0 bridgehead atoms. The molecule has 1 aliphatic rings. The topological polar surface area (TPSA) is 95.9 Å². The van der Waals surface area contributed by atoms with Crippen molar-refractivity contribution in [3.8, 4) is 16.9 Å². The fourth-order valence-corrected chi connectivity index (χ4v) is 3.68. The minimum atomic E-state index is -0.416. The van der Waals surface area contributed by atoms with Gasteiger partial charge in [-0.25, -0.2) is 9.07 Å². The lowest BCUT2D eigenvalue weighted by Crippen LogP contribution is -2.46. The quantitative estimate of drug-likeness (QED) is 0.530. The highest BCUT2D eigenvalue weighted by Crippen LogP contribution is 2.20. The number of hydrogen-bond donors (Lipinski definition) is 2. The number of nitrogens with zero attached hydrogens (tertiary/aromatic N) is 4. The summed E-state index contributed by atoms with van der Waals surface area (Å²) in [6, 6.07) is 13.0. The summed E-state index contributed by atoms with van der Waals surface area (Å²) >= 11 is 0. The smallest absolute Gasteiger partial charge is 0.258 e. The zero-order valence-electron chi connectivity index (χ0n) is 16.5. The summed E-state index contributed by atoms with van der Waals surface area (Å²) in [6.45, 7) is 2.99. The number of benzene rings is 2. The molecule has 0 unspecified atom stereocenters. The van der Waals surface area contributed by atoms with Gasteiger partial charge in [0.1, 0.15) is 11.5 Å². The molecule has 0 saturated carbocycles. The number of pyridine rings is 1. The number of rotatable bonds is 3. The number of carbonyl (C=O) groups excluding carboxylic acids is 1. The van der Waals surface area contributed by atoms with Gasteiger partial charge >= 0.3 is 0 Å². The van der Waals surface area contributed by atoms with E-state index in [-0.39, 0.29) is 11.5 Å². The Bertz CT molecular complexity index is 1320. The monoisotopic (exact) mass is 418 g/mol. The first-order chi connectivity index (χ1) is 15.1. The Labute approximate surface area is 176 Å². The van der Waals surface area contributed by atoms with Crippen LogP contribution in [0.1, 0.15) is 10.4 Å². The van der Waals surface area contributed by atoms with Crippen LogP contribution in [0.25, 0.3) is 27.8 Å². The molecule has 8 nitrogen and oxygen atoms in total. The molecule has 156 valence electrons. The molecule has 4 aromatic rings. The Hall–Kier alpha value is -3.85. The van der Waals surface area contributed by atoms with Gasteiger partial charge in [0.2, 0.25) is 0 Å². The average molecular weight is 418 g/mol. The minimum Gasteiger partial charge on any atom is -0.336 e. The summed E-state index contributed by atoms with van der Waals surface area (Å²) in [4.78, 5) is 29.6. The summed E-state index contributed by atoms with van der Waals surface area (Å²) in [5, 5.41) is 12.2. The zero-order chi connectivity index (χ0) is 21.4. The molecule has 9 heteroatoms. The molecule has 1 amide bonds. The lowest BCUT2D eigenvalue weighted by Gasteiger charge is -2.27. The highest BCUT2D eigenvalue weighted by Gasteiger charge is 2.18. The Morgan fingerprint density at radius 3 is 2.58 bits per heavy atom. The van der Waals surface area contributed by atoms with Crippen LogP contribution < -0.4 is 10.9 Å². The molecule has 0 atom stereocenters. The first kappa shape index (κ1) is 19.1. The lowest BCUT2D eigenvalue weighted by atomic mass is 10.1. The van der Waals surface area contributed by atoms with Crippen LogP contribution in [0, 0.1) is 5.82 Å². The third kappa shape index (κ3) is 3.71. The van der Waals surface area contributed by atoms with E-state index in [1.54, 1.807) is 47.3 Å². The summed E-state index contributed by atoms with van der Waals surface area (Å²) in [5.74, 6) is -0.410. The molecule has 1 fully saturated rings. The van der Waals surface area contributed by atoms with Gasteiger partial charge in [0, 0.05) is 31.7 Å². The predicted molar refractivity (Wildman–Crippen MR) is 114 cm³/mol. The summed E-state index contributed by atoms with van der Waals surface area (Å²) in [7, 11) is 0. The largest absolute Gasteiger partial charge is 0.336 e. The van der Waals surface area contributed by atoms with Crippen molar-refractivity contribution in [2.24, 2.45) is 0 Å². The number of H-pyrrole nitrogens is 1. The van der Waals surface area contributed by atoms with E-state index in [1.165, 1.54) is 12.1 Å². The van der Waals surface area contributed by atoms with E-state index in [9.17, 15) is 14.0 Å². The number of aromatic nitrogens is 4. The summed E-state index contributed by atoms with van der Waals surface area (Å²) in [6.07, 6.45) is 1.65. The van der Waals surface area contributed by atoms with E-state index in [0.29, 0.717) is 40.8 Å². The molecule has 2 aromatic heterocycles. The number of fused-ring (bicyclic) bond motifs is 1. The third-order valence-corrected chi connectivity index (χ3v) is 5.36. The summed E-state index contributed by atoms with van der Waals surface area (Å²) in [5.41, 5.74) is 2.12. The van der Waals surface area contributed by atoms with Gasteiger partial charge in [0.05, 0.1) is 23.0 Å². The number of nitrogens with one attached hydrogen (secondary N) is 2. The van der Waals surface area contributed by atoms with Crippen molar-refractivity contribution >= 4 is 16.8 Å². The van der Waals surface area contributed by atoms with Crippen LogP contribution in [-0.2, 0) is 0 Å². The Morgan fingerprint density at radius 1 is 1.03 bits per heavy atom. The number of halogens is 1. The van der Waals surface area contributed by atoms with Crippen molar-refractivity contribution in [2.45, 2.75) is 0 Å². The van der Waals surface area contributed by atoms with Crippen molar-refractivity contribution in [2.75, 3.05) is 26.2 Å². The fourth-order valence-electron chi connectivity index (χ4n) is 3.68.